The van der Waals surface area contributed by atoms with Gasteiger partial charge in [0.2, 0.25) is 5.08 Å². The Labute approximate surface area is 37.5 Å². The molecule has 1 nitrogen and oxygen atoms in total. The van der Waals surface area contributed by atoms with E-state index in [1.54, 1.807) is 0 Å². The number of hydrogen-bond donors (Lipinski definition) is 0. The lowest BCUT2D eigenvalue weighted by Gasteiger charge is -1.68. The van der Waals surface area contributed by atoms with Gasteiger partial charge in [-0.2, -0.15) is 5.26 Å². The highest BCUT2D eigenvalue weighted by Crippen LogP contribution is 1.94. The molecule has 5 heavy (non-hydrogen) atoms. The van der Waals surface area contributed by atoms with Crippen molar-refractivity contribution in [1.82, 2.24) is 0 Å². The molecule has 0 N–H and O–H groups in total. The standard InChI is InChI=1S/C2HBrFN/c3-2(4)1-5/h2H/t2-/m0/s1. The van der Waals surface area contributed by atoms with E-state index in [0.717, 1.165) is 0 Å². The van der Waals surface area contributed by atoms with Crippen LogP contribution in [0.15, 0.2) is 0 Å². The van der Waals surface area contributed by atoms with E-state index in [9.17, 15) is 4.39 Å². The molecule has 28 valence electrons. The third-order valence-electron chi connectivity index (χ3n) is 0.0976. The van der Waals surface area contributed by atoms with Crippen LogP contribution in [0.1, 0.15) is 0 Å². The smallest absolute Gasteiger partial charge is 0.218 e. The van der Waals surface area contributed by atoms with Gasteiger partial charge in [0.25, 0.3) is 0 Å². The zero-order chi connectivity index (χ0) is 4.28. The molecule has 0 heterocycles. The number of hydrogen-bond acceptors (Lipinski definition) is 1. The Balaban J connectivity index is 2.94. The number of halogens is 2. The maximum absolute atomic E-state index is 11.0. The molecule has 0 radical (unpaired) electrons. The molecule has 0 aromatic rings. The van der Waals surface area contributed by atoms with Crippen LogP contribution in [0.4, 0.5) is 4.39 Å². The summed E-state index contributed by atoms with van der Waals surface area (Å²) in [5.74, 6) is 0. The van der Waals surface area contributed by atoms with Crippen molar-refractivity contribution in [2.24, 2.45) is 0 Å². The molecule has 0 aliphatic heterocycles. The molecule has 0 aromatic heterocycles. The van der Waals surface area contributed by atoms with Crippen LogP contribution >= 0.6 is 15.9 Å². The van der Waals surface area contributed by atoms with Crippen LogP contribution in [0.3, 0.4) is 0 Å². The van der Waals surface area contributed by atoms with E-state index in [-0.39, 0.29) is 0 Å². The summed E-state index contributed by atoms with van der Waals surface area (Å²) >= 11 is 2.35. The van der Waals surface area contributed by atoms with Crippen molar-refractivity contribution < 1.29 is 4.39 Å². The number of rotatable bonds is 0. The monoisotopic (exact) mass is 137 g/mol. The van der Waals surface area contributed by atoms with Gasteiger partial charge >= 0.3 is 0 Å². The molecule has 1 atom stereocenters. The van der Waals surface area contributed by atoms with E-state index in [4.69, 9.17) is 5.26 Å². The molecular weight excluding hydrogens is 137 g/mol. The van der Waals surface area contributed by atoms with E-state index in [2.05, 4.69) is 15.9 Å². The largest absolute Gasteiger partial charge is 0.240 e. The summed E-state index contributed by atoms with van der Waals surface area (Å²) in [6.07, 6.45) is 0. The first-order valence-corrected chi connectivity index (χ1v) is 1.86. The molecule has 0 fully saturated rings. The van der Waals surface area contributed by atoms with Crippen LogP contribution in [-0.2, 0) is 0 Å². The van der Waals surface area contributed by atoms with Gasteiger partial charge in [-0.3, -0.25) is 0 Å². The highest BCUT2D eigenvalue weighted by Gasteiger charge is 1.87. The molecule has 0 spiro atoms. The first kappa shape index (κ1) is 4.90. The van der Waals surface area contributed by atoms with Gasteiger partial charge in [0.15, 0.2) is 0 Å². The highest BCUT2D eigenvalue weighted by molar-refractivity contribution is 9.09. The molecule has 3 heteroatoms. The lowest BCUT2D eigenvalue weighted by Crippen LogP contribution is -1.72. The Morgan fingerprint density at radius 2 is 2.20 bits per heavy atom. The second kappa shape index (κ2) is 2.16. The van der Waals surface area contributed by atoms with Crippen molar-refractivity contribution in [2.75, 3.05) is 0 Å². The normalized spacial score (nSPS) is 13.0. The highest BCUT2D eigenvalue weighted by atomic mass is 79.9. The molecule has 0 saturated carbocycles. The lowest BCUT2D eigenvalue weighted by molar-refractivity contribution is 0.537. The van der Waals surface area contributed by atoms with E-state index in [1.807, 2.05) is 0 Å². The third kappa shape index (κ3) is 3.90. The Hall–Kier alpha value is -0.100. The van der Waals surface area contributed by atoms with Crippen LogP contribution in [0, 0.1) is 11.3 Å². The summed E-state index contributed by atoms with van der Waals surface area (Å²) in [5.41, 5.74) is 0. The van der Waals surface area contributed by atoms with Gasteiger partial charge in [-0.25, -0.2) is 4.39 Å². The second-order valence-electron chi connectivity index (χ2n) is 0.430. The van der Waals surface area contributed by atoms with Gasteiger partial charge in [0.05, 0.1) is 0 Å². The fraction of sp³-hybridized carbons (Fsp3) is 0.500. The first-order chi connectivity index (χ1) is 2.27. The molecule has 0 unspecified atom stereocenters. The predicted octanol–water partition coefficient (Wildman–Crippen LogP) is 1.20. The fourth-order valence-corrected chi connectivity index (χ4v) is 0. The van der Waals surface area contributed by atoms with E-state index >= 15 is 0 Å². The minimum absolute atomic E-state index is 1.28. The number of nitriles is 1. The molecule has 0 aliphatic rings. The fourth-order valence-electron chi connectivity index (χ4n) is 0. The molecule has 0 amide bonds. The van der Waals surface area contributed by atoms with Crippen molar-refractivity contribution in [2.45, 2.75) is 5.08 Å². The van der Waals surface area contributed by atoms with Crippen LogP contribution in [-0.4, -0.2) is 5.08 Å². The van der Waals surface area contributed by atoms with Crippen LogP contribution in [0.2, 0.25) is 0 Å². The van der Waals surface area contributed by atoms with Crippen LogP contribution < -0.4 is 0 Å². The quantitative estimate of drug-likeness (QED) is 0.461. The minimum atomic E-state index is -1.50. The average molecular weight is 138 g/mol. The topological polar surface area (TPSA) is 23.8 Å². The molecular formula is C2HBrFN. The van der Waals surface area contributed by atoms with Crippen LogP contribution in [0.25, 0.3) is 0 Å². The summed E-state index contributed by atoms with van der Waals surface area (Å²) in [7, 11) is 0. The first-order valence-electron chi connectivity index (χ1n) is 0.949. The van der Waals surface area contributed by atoms with E-state index in [1.165, 1.54) is 6.07 Å². The van der Waals surface area contributed by atoms with Crippen molar-refractivity contribution in [3.05, 3.63) is 0 Å². The Morgan fingerprint density at radius 3 is 2.20 bits per heavy atom. The summed E-state index contributed by atoms with van der Waals surface area (Å²) in [6, 6.07) is 1.28. The molecule has 0 saturated heterocycles. The molecule has 0 aromatic carbocycles. The predicted molar refractivity (Wildman–Crippen MR) is 19.4 cm³/mol. The van der Waals surface area contributed by atoms with Crippen molar-refractivity contribution in [3.63, 3.8) is 0 Å². The van der Waals surface area contributed by atoms with Crippen molar-refractivity contribution in [3.8, 4) is 6.07 Å². The maximum Gasteiger partial charge on any atom is 0.240 e. The van der Waals surface area contributed by atoms with E-state index < -0.39 is 5.08 Å². The van der Waals surface area contributed by atoms with Gasteiger partial charge in [-0.15, -0.1) is 0 Å². The SMILES string of the molecule is N#C[C@H](F)Br. The Kier molecular flexibility index (Phi) is 2.11. The van der Waals surface area contributed by atoms with Gasteiger partial charge in [-0.1, -0.05) is 0 Å². The zero-order valence-corrected chi connectivity index (χ0v) is 3.87. The summed E-state index contributed by atoms with van der Waals surface area (Å²) in [4.78, 5) is 0. The Bertz CT molecular complexity index is 55.2. The van der Waals surface area contributed by atoms with Crippen LogP contribution in [0.5, 0.6) is 0 Å². The zero-order valence-electron chi connectivity index (χ0n) is 2.28. The van der Waals surface area contributed by atoms with Crippen molar-refractivity contribution in [1.29, 1.82) is 5.26 Å². The Morgan fingerprint density at radius 1 is 2.00 bits per heavy atom. The molecule has 0 aliphatic carbocycles. The number of nitrogens with zero attached hydrogens (tertiary/aromatic N) is 1. The number of alkyl halides is 2. The summed E-state index contributed by atoms with van der Waals surface area (Å²) < 4.78 is 11.0. The summed E-state index contributed by atoms with van der Waals surface area (Å²) in [5, 5.41) is 5.97. The average Bonchev–Trinajstić information content (AvgIpc) is 1.38. The second-order valence-corrected chi connectivity index (χ2v) is 1.23. The molecule has 0 bridgehead atoms. The lowest BCUT2D eigenvalue weighted by atomic mass is 10.9. The van der Waals surface area contributed by atoms with Gasteiger partial charge in [0.1, 0.15) is 6.07 Å². The third-order valence-corrected chi connectivity index (χ3v) is 0.302. The van der Waals surface area contributed by atoms with Gasteiger partial charge in [-0.05, 0) is 15.9 Å². The van der Waals surface area contributed by atoms with Gasteiger partial charge in [0, 0.05) is 0 Å². The summed E-state index contributed by atoms with van der Waals surface area (Å²) in [6.45, 7) is 0. The minimum Gasteiger partial charge on any atom is -0.218 e. The maximum atomic E-state index is 11.0. The van der Waals surface area contributed by atoms with Crippen molar-refractivity contribution >= 4 is 15.9 Å². The van der Waals surface area contributed by atoms with E-state index in [0.29, 0.717) is 0 Å². The molecule has 0 rings (SSSR count). The van der Waals surface area contributed by atoms with Gasteiger partial charge < -0.3 is 0 Å².